The second-order valence-corrected chi connectivity index (χ2v) is 6.91. The van der Waals surface area contributed by atoms with Crippen LogP contribution in [0, 0.1) is 5.92 Å². The molecule has 23 heavy (non-hydrogen) atoms. The minimum atomic E-state index is -0.0785. The molecule has 3 aliphatic rings. The molecular formula is C18H24N2O3. The average Bonchev–Trinajstić information content (AvgIpc) is 2.58. The van der Waals surface area contributed by atoms with Crippen molar-refractivity contribution >= 4 is 11.6 Å². The number of likely N-dealkylation sites (tertiary alicyclic amines) is 1. The van der Waals surface area contributed by atoms with Gasteiger partial charge in [-0.05, 0) is 24.5 Å². The van der Waals surface area contributed by atoms with Crippen molar-refractivity contribution in [3.8, 4) is 0 Å². The normalized spacial score (nSPS) is 30.4. The third kappa shape index (κ3) is 2.25. The van der Waals surface area contributed by atoms with E-state index >= 15 is 0 Å². The predicted octanol–water partition coefficient (Wildman–Crippen LogP) is 1.22. The van der Waals surface area contributed by atoms with E-state index in [0.29, 0.717) is 13.2 Å². The van der Waals surface area contributed by atoms with Gasteiger partial charge in [0.05, 0.1) is 18.7 Å². The molecule has 3 atom stereocenters. The zero-order valence-corrected chi connectivity index (χ0v) is 13.5. The monoisotopic (exact) mass is 316 g/mol. The summed E-state index contributed by atoms with van der Waals surface area (Å²) in [4.78, 5) is 17.2. The highest BCUT2D eigenvalue weighted by molar-refractivity contribution is 5.82. The third-order valence-corrected chi connectivity index (χ3v) is 5.72. The Kier molecular flexibility index (Phi) is 3.77. The molecule has 3 heterocycles. The van der Waals surface area contributed by atoms with Gasteiger partial charge >= 0.3 is 0 Å². The maximum absolute atomic E-state index is 13.0. The first-order valence-corrected chi connectivity index (χ1v) is 8.53. The lowest BCUT2D eigenvalue weighted by Crippen LogP contribution is -2.71. The van der Waals surface area contributed by atoms with E-state index in [1.165, 1.54) is 11.3 Å². The molecule has 1 amide bonds. The first-order chi connectivity index (χ1) is 11.2. The van der Waals surface area contributed by atoms with E-state index in [9.17, 15) is 9.90 Å². The number of aliphatic hydroxyl groups excluding tert-OH is 1. The second-order valence-electron chi connectivity index (χ2n) is 6.91. The number of amides is 1. The van der Waals surface area contributed by atoms with E-state index in [1.807, 2.05) is 17.0 Å². The topological polar surface area (TPSA) is 53.0 Å². The number of rotatable bonds is 2. The van der Waals surface area contributed by atoms with Crippen molar-refractivity contribution in [2.75, 3.05) is 38.3 Å². The van der Waals surface area contributed by atoms with Crippen molar-refractivity contribution < 1.29 is 14.6 Å². The zero-order valence-electron chi connectivity index (χ0n) is 13.5. The first-order valence-electron chi connectivity index (χ1n) is 8.53. The van der Waals surface area contributed by atoms with Gasteiger partial charge in [0.25, 0.3) is 0 Å². The highest BCUT2D eigenvalue weighted by Gasteiger charge is 2.54. The van der Waals surface area contributed by atoms with E-state index in [2.05, 4.69) is 24.1 Å². The molecule has 0 aliphatic carbocycles. The summed E-state index contributed by atoms with van der Waals surface area (Å²) in [6.07, 6.45) is 1.61. The molecule has 0 unspecified atom stereocenters. The van der Waals surface area contributed by atoms with Crippen LogP contribution in [0.5, 0.6) is 0 Å². The van der Waals surface area contributed by atoms with Gasteiger partial charge in [-0.25, -0.2) is 0 Å². The summed E-state index contributed by atoms with van der Waals surface area (Å²) < 4.78 is 5.38. The van der Waals surface area contributed by atoms with E-state index < -0.39 is 0 Å². The SMILES string of the molecule is CN1C[C@H]2[C@H](c3ccccc31)[C@H](CO)N2C(=O)C1CCOCC1. The molecular weight excluding hydrogens is 292 g/mol. The summed E-state index contributed by atoms with van der Waals surface area (Å²) in [6.45, 7) is 2.22. The minimum absolute atomic E-state index is 0.0359. The Morgan fingerprint density at radius 3 is 2.78 bits per heavy atom. The van der Waals surface area contributed by atoms with E-state index in [1.54, 1.807) is 0 Å². The van der Waals surface area contributed by atoms with E-state index in [4.69, 9.17) is 4.74 Å². The van der Waals surface area contributed by atoms with Crippen LogP contribution in [-0.4, -0.2) is 61.4 Å². The summed E-state index contributed by atoms with van der Waals surface area (Å²) in [7, 11) is 2.08. The molecule has 1 aromatic rings. The Bertz CT molecular complexity index is 600. The molecule has 124 valence electrons. The van der Waals surface area contributed by atoms with Crippen molar-refractivity contribution in [3.63, 3.8) is 0 Å². The Balaban J connectivity index is 1.61. The van der Waals surface area contributed by atoms with Gasteiger partial charge in [0, 0.05) is 44.3 Å². The molecule has 1 N–H and O–H groups in total. The van der Waals surface area contributed by atoms with Gasteiger partial charge in [-0.15, -0.1) is 0 Å². The number of ether oxygens (including phenoxy) is 1. The number of benzene rings is 1. The molecule has 4 rings (SSSR count). The molecule has 5 nitrogen and oxygen atoms in total. The lowest BCUT2D eigenvalue weighted by atomic mass is 9.71. The maximum Gasteiger partial charge on any atom is 0.226 e. The standard InChI is InChI=1S/C18H24N2O3/c1-19-10-15-17(13-4-2-3-5-14(13)19)16(11-21)20(15)18(22)12-6-8-23-9-7-12/h2-5,12,15-17,21H,6-11H2,1H3/t15-,16-,17-/m0/s1. The van der Waals surface area contributed by atoms with Crippen LogP contribution < -0.4 is 4.90 Å². The Labute approximate surface area is 136 Å². The van der Waals surface area contributed by atoms with Crippen molar-refractivity contribution in [2.24, 2.45) is 5.92 Å². The number of anilines is 1. The fourth-order valence-corrected chi connectivity index (χ4v) is 4.54. The van der Waals surface area contributed by atoms with Gasteiger partial charge in [0.2, 0.25) is 5.91 Å². The third-order valence-electron chi connectivity index (χ3n) is 5.72. The number of aliphatic hydroxyl groups is 1. The van der Waals surface area contributed by atoms with E-state index in [0.717, 1.165) is 19.4 Å². The molecule has 2 saturated heterocycles. The summed E-state index contributed by atoms with van der Waals surface area (Å²) in [6, 6.07) is 8.47. The van der Waals surface area contributed by atoms with Crippen LogP contribution in [0.1, 0.15) is 24.3 Å². The van der Waals surface area contributed by atoms with Crippen LogP contribution >= 0.6 is 0 Å². The fraction of sp³-hybridized carbons (Fsp3) is 0.611. The minimum Gasteiger partial charge on any atom is -0.394 e. The summed E-state index contributed by atoms with van der Waals surface area (Å²) in [5, 5.41) is 9.90. The number of likely N-dealkylation sites (N-methyl/N-ethyl adjacent to an activating group) is 1. The largest absolute Gasteiger partial charge is 0.394 e. The highest BCUT2D eigenvalue weighted by atomic mass is 16.5. The van der Waals surface area contributed by atoms with Crippen molar-refractivity contribution in [1.29, 1.82) is 0 Å². The summed E-state index contributed by atoms with van der Waals surface area (Å²) >= 11 is 0. The van der Waals surface area contributed by atoms with Crippen molar-refractivity contribution in [3.05, 3.63) is 29.8 Å². The van der Waals surface area contributed by atoms with E-state index in [-0.39, 0.29) is 36.4 Å². The Morgan fingerprint density at radius 2 is 2.04 bits per heavy atom. The quantitative estimate of drug-likeness (QED) is 0.891. The van der Waals surface area contributed by atoms with Crippen LogP contribution in [0.3, 0.4) is 0 Å². The second kappa shape index (κ2) is 5.80. The number of carbonyl (C=O) groups is 1. The molecule has 5 heteroatoms. The number of hydrogen-bond donors (Lipinski definition) is 1. The van der Waals surface area contributed by atoms with Crippen molar-refractivity contribution in [1.82, 2.24) is 4.90 Å². The van der Waals surface area contributed by atoms with Crippen LogP contribution in [0.4, 0.5) is 5.69 Å². The molecule has 0 saturated carbocycles. The average molecular weight is 316 g/mol. The number of fused-ring (bicyclic) bond motifs is 3. The molecule has 0 radical (unpaired) electrons. The number of hydrogen-bond acceptors (Lipinski definition) is 4. The van der Waals surface area contributed by atoms with Crippen LogP contribution in [0.2, 0.25) is 0 Å². The molecule has 1 aromatic carbocycles. The van der Waals surface area contributed by atoms with Gasteiger partial charge < -0.3 is 19.6 Å². The van der Waals surface area contributed by atoms with Crippen molar-refractivity contribution in [2.45, 2.75) is 30.8 Å². The molecule has 0 aromatic heterocycles. The lowest BCUT2D eigenvalue weighted by molar-refractivity contribution is -0.158. The van der Waals surface area contributed by atoms with Gasteiger partial charge in [-0.1, -0.05) is 18.2 Å². The van der Waals surface area contributed by atoms with Crippen LogP contribution in [0.15, 0.2) is 24.3 Å². The Hall–Kier alpha value is -1.59. The Morgan fingerprint density at radius 1 is 1.30 bits per heavy atom. The smallest absolute Gasteiger partial charge is 0.226 e. The molecule has 3 aliphatic heterocycles. The predicted molar refractivity (Wildman–Crippen MR) is 87.5 cm³/mol. The maximum atomic E-state index is 13.0. The van der Waals surface area contributed by atoms with Crippen LogP contribution in [0.25, 0.3) is 0 Å². The summed E-state index contributed by atoms with van der Waals surface area (Å²) in [5.41, 5.74) is 2.49. The first kappa shape index (κ1) is 15.0. The van der Waals surface area contributed by atoms with Gasteiger partial charge in [-0.2, -0.15) is 0 Å². The summed E-state index contributed by atoms with van der Waals surface area (Å²) in [5.74, 6) is 0.527. The van der Waals surface area contributed by atoms with Gasteiger partial charge in [0.1, 0.15) is 0 Å². The molecule has 0 spiro atoms. The van der Waals surface area contributed by atoms with Gasteiger partial charge in [-0.3, -0.25) is 4.79 Å². The zero-order chi connectivity index (χ0) is 16.0. The number of carbonyl (C=O) groups excluding carboxylic acids is 1. The molecule has 0 bridgehead atoms. The highest BCUT2D eigenvalue weighted by Crippen LogP contribution is 2.48. The number of para-hydroxylation sites is 1. The van der Waals surface area contributed by atoms with Gasteiger partial charge in [0.15, 0.2) is 0 Å². The van der Waals surface area contributed by atoms with Crippen LogP contribution in [-0.2, 0) is 9.53 Å². The molecule has 2 fully saturated rings. The number of nitrogens with zero attached hydrogens (tertiary/aromatic N) is 2. The fourth-order valence-electron chi connectivity index (χ4n) is 4.54. The lowest BCUT2D eigenvalue weighted by Gasteiger charge is -2.59.